The summed E-state index contributed by atoms with van der Waals surface area (Å²) in [6.45, 7) is 6.87. The van der Waals surface area contributed by atoms with E-state index in [4.69, 9.17) is 14.0 Å². The number of hydrogen-bond donors (Lipinski definition) is 0. The Balaban J connectivity index is 1.28. The number of nitrogens with zero attached hydrogens (tertiary/aromatic N) is 5. The van der Waals surface area contributed by atoms with Gasteiger partial charge in [-0.25, -0.2) is 4.98 Å². The average molecular weight is 353 g/mol. The SMILES string of the molecule is Cc1noc2ncnc(N3CCN(Cc4ccc5c(c4)OCO5)CC3)c12. The molecule has 5 rings (SSSR count). The van der Waals surface area contributed by atoms with E-state index in [9.17, 15) is 0 Å². The molecule has 8 nitrogen and oxygen atoms in total. The normalized spacial score (nSPS) is 17.2. The fourth-order valence-corrected chi connectivity index (χ4v) is 3.56. The van der Waals surface area contributed by atoms with Crippen molar-refractivity contribution < 1.29 is 14.0 Å². The number of benzene rings is 1. The molecule has 0 radical (unpaired) electrons. The zero-order valence-electron chi connectivity index (χ0n) is 14.5. The third-order valence-electron chi connectivity index (χ3n) is 4.94. The van der Waals surface area contributed by atoms with E-state index in [1.54, 1.807) is 6.33 Å². The van der Waals surface area contributed by atoms with Crippen LogP contribution in [0.1, 0.15) is 11.3 Å². The van der Waals surface area contributed by atoms with Crippen molar-refractivity contribution in [1.29, 1.82) is 0 Å². The molecule has 0 bridgehead atoms. The van der Waals surface area contributed by atoms with Gasteiger partial charge in [0.15, 0.2) is 11.5 Å². The highest BCUT2D eigenvalue weighted by Gasteiger charge is 2.23. The molecule has 4 heterocycles. The van der Waals surface area contributed by atoms with Crippen LogP contribution in [0.3, 0.4) is 0 Å². The monoisotopic (exact) mass is 353 g/mol. The predicted octanol–water partition coefficient (Wildman–Crippen LogP) is 1.98. The molecule has 2 aliphatic heterocycles. The van der Waals surface area contributed by atoms with Gasteiger partial charge < -0.3 is 18.9 Å². The number of aryl methyl sites for hydroxylation is 1. The quantitative estimate of drug-likeness (QED) is 0.707. The second kappa shape index (κ2) is 6.14. The van der Waals surface area contributed by atoms with Crippen molar-refractivity contribution in [1.82, 2.24) is 20.0 Å². The first-order valence-corrected chi connectivity index (χ1v) is 8.71. The molecule has 1 fully saturated rings. The van der Waals surface area contributed by atoms with Crippen LogP contribution in [0.2, 0.25) is 0 Å². The molecular weight excluding hydrogens is 334 g/mol. The van der Waals surface area contributed by atoms with Gasteiger partial charge in [-0.1, -0.05) is 11.2 Å². The fourth-order valence-electron chi connectivity index (χ4n) is 3.56. The number of aromatic nitrogens is 3. The molecule has 8 heteroatoms. The van der Waals surface area contributed by atoms with Gasteiger partial charge in [-0.3, -0.25) is 4.90 Å². The Bertz CT molecular complexity index is 949. The van der Waals surface area contributed by atoms with E-state index in [0.717, 1.165) is 61.1 Å². The van der Waals surface area contributed by atoms with E-state index in [2.05, 4.69) is 37.1 Å². The Hall–Kier alpha value is -2.87. The summed E-state index contributed by atoms with van der Waals surface area (Å²) in [6, 6.07) is 6.16. The molecule has 2 aromatic heterocycles. The molecule has 1 saturated heterocycles. The Morgan fingerprint density at radius 2 is 1.88 bits per heavy atom. The second-order valence-electron chi connectivity index (χ2n) is 6.60. The lowest BCUT2D eigenvalue weighted by atomic mass is 10.1. The molecule has 0 saturated carbocycles. The number of fused-ring (bicyclic) bond motifs is 2. The molecule has 26 heavy (non-hydrogen) atoms. The minimum Gasteiger partial charge on any atom is -0.454 e. The minimum absolute atomic E-state index is 0.313. The lowest BCUT2D eigenvalue weighted by Crippen LogP contribution is -2.46. The maximum Gasteiger partial charge on any atom is 0.263 e. The lowest BCUT2D eigenvalue weighted by molar-refractivity contribution is 0.174. The van der Waals surface area contributed by atoms with E-state index in [0.29, 0.717) is 12.5 Å². The van der Waals surface area contributed by atoms with Gasteiger partial charge >= 0.3 is 0 Å². The fraction of sp³-hybridized carbons (Fsp3) is 0.389. The first-order valence-electron chi connectivity index (χ1n) is 8.71. The summed E-state index contributed by atoms with van der Waals surface area (Å²) in [6.07, 6.45) is 1.54. The van der Waals surface area contributed by atoms with Crippen LogP contribution in [0.25, 0.3) is 11.1 Å². The number of piperazine rings is 1. The predicted molar refractivity (Wildman–Crippen MR) is 94.4 cm³/mol. The van der Waals surface area contributed by atoms with Crippen LogP contribution in [-0.4, -0.2) is 53.0 Å². The van der Waals surface area contributed by atoms with Crippen LogP contribution >= 0.6 is 0 Å². The number of anilines is 1. The highest BCUT2D eigenvalue weighted by atomic mass is 16.7. The number of ether oxygens (including phenoxy) is 2. The summed E-state index contributed by atoms with van der Waals surface area (Å²) >= 11 is 0. The Kier molecular flexibility index (Phi) is 3.63. The van der Waals surface area contributed by atoms with E-state index in [1.165, 1.54) is 5.56 Å². The van der Waals surface area contributed by atoms with Gasteiger partial charge in [0.25, 0.3) is 5.71 Å². The molecule has 3 aromatic rings. The highest BCUT2D eigenvalue weighted by Crippen LogP contribution is 2.33. The molecule has 0 atom stereocenters. The van der Waals surface area contributed by atoms with E-state index in [-0.39, 0.29) is 0 Å². The first-order chi connectivity index (χ1) is 12.8. The summed E-state index contributed by atoms with van der Waals surface area (Å²) in [5.74, 6) is 2.58. The smallest absolute Gasteiger partial charge is 0.263 e. The highest BCUT2D eigenvalue weighted by molar-refractivity contribution is 5.87. The van der Waals surface area contributed by atoms with Crippen LogP contribution in [-0.2, 0) is 6.54 Å². The molecule has 0 amide bonds. The Labute approximate surface area is 150 Å². The molecule has 2 aliphatic rings. The third kappa shape index (κ3) is 2.62. The van der Waals surface area contributed by atoms with Crippen molar-refractivity contribution in [3.05, 3.63) is 35.8 Å². The summed E-state index contributed by atoms with van der Waals surface area (Å²) in [7, 11) is 0. The van der Waals surface area contributed by atoms with E-state index in [1.807, 2.05) is 13.0 Å². The third-order valence-corrected chi connectivity index (χ3v) is 4.94. The lowest BCUT2D eigenvalue weighted by Gasteiger charge is -2.35. The standard InChI is InChI=1S/C18H19N5O3/c1-12-16-17(19-10-20-18(16)26-21-12)23-6-4-22(5-7-23)9-13-2-3-14-15(8-13)25-11-24-14/h2-3,8,10H,4-7,9,11H2,1H3. The maximum atomic E-state index is 5.47. The number of hydrogen-bond acceptors (Lipinski definition) is 8. The zero-order valence-corrected chi connectivity index (χ0v) is 14.5. The van der Waals surface area contributed by atoms with Crippen molar-refractivity contribution in [2.75, 3.05) is 37.9 Å². The van der Waals surface area contributed by atoms with Gasteiger partial charge in [0.1, 0.15) is 17.5 Å². The van der Waals surface area contributed by atoms with E-state index < -0.39 is 0 Å². The van der Waals surface area contributed by atoms with Gasteiger partial charge in [-0.15, -0.1) is 0 Å². The van der Waals surface area contributed by atoms with Crippen LogP contribution < -0.4 is 14.4 Å². The Morgan fingerprint density at radius 1 is 1.04 bits per heavy atom. The molecular formula is C18H19N5O3. The largest absolute Gasteiger partial charge is 0.454 e. The summed E-state index contributed by atoms with van der Waals surface area (Å²) < 4.78 is 16.1. The minimum atomic E-state index is 0.313. The van der Waals surface area contributed by atoms with Gasteiger partial charge in [-0.2, -0.15) is 4.98 Å². The molecule has 0 spiro atoms. The van der Waals surface area contributed by atoms with Crippen molar-refractivity contribution >= 4 is 16.9 Å². The van der Waals surface area contributed by atoms with E-state index >= 15 is 0 Å². The van der Waals surface area contributed by atoms with Gasteiger partial charge in [0.2, 0.25) is 6.79 Å². The Morgan fingerprint density at radius 3 is 2.77 bits per heavy atom. The van der Waals surface area contributed by atoms with Crippen LogP contribution in [0.4, 0.5) is 5.82 Å². The van der Waals surface area contributed by atoms with Gasteiger partial charge in [0, 0.05) is 32.7 Å². The van der Waals surface area contributed by atoms with Crippen LogP contribution in [0.15, 0.2) is 29.0 Å². The maximum absolute atomic E-state index is 5.47. The molecule has 0 aliphatic carbocycles. The second-order valence-corrected chi connectivity index (χ2v) is 6.60. The molecule has 1 aromatic carbocycles. The van der Waals surface area contributed by atoms with Crippen LogP contribution in [0.5, 0.6) is 11.5 Å². The number of rotatable bonds is 3. The van der Waals surface area contributed by atoms with Crippen molar-refractivity contribution in [3.63, 3.8) is 0 Å². The topological polar surface area (TPSA) is 76.8 Å². The average Bonchev–Trinajstić information content (AvgIpc) is 3.29. The van der Waals surface area contributed by atoms with Gasteiger partial charge in [-0.05, 0) is 24.6 Å². The summed E-state index contributed by atoms with van der Waals surface area (Å²) in [5.41, 5.74) is 2.62. The zero-order chi connectivity index (χ0) is 17.5. The van der Waals surface area contributed by atoms with Crippen LogP contribution in [0, 0.1) is 6.92 Å². The molecule has 0 N–H and O–H groups in total. The molecule has 134 valence electrons. The summed E-state index contributed by atoms with van der Waals surface area (Å²) in [4.78, 5) is 13.4. The van der Waals surface area contributed by atoms with Crippen molar-refractivity contribution in [2.24, 2.45) is 0 Å². The van der Waals surface area contributed by atoms with Gasteiger partial charge in [0.05, 0.1) is 5.69 Å². The van der Waals surface area contributed by atoms with Crippen molar-refractivity contribution in [3.8, 4) is 11.5 Å². The summed E-state index contributed by atoms with van der Waals surface area (Å²) in [5, 5.41) is 4.93. The molecule has 0 unspecified atom stereocenters. The first kappa shape index (κ1) is 15.4. The van der Waals surface area contributed by atoms with Crippen molar-refractivity contribution in [2.45, 2.75) is 13.5 Å².